The quantitative estimate of drug-likeness (QED) is 0.579. The van der Waals surface area contributed by atoms with Gasteiger partial charge in [-0.25, -0.2) is 0 Å². The van der Waals surface area contributed by atoms with Crippen molar-refractivity contribution < 1.29 is 0 Å². The van der Waals surface area contributed by atoms with Crippen molar-refractivity contribution in [1.82, 2.24) is 4.90 Å². The van der Waals surface area contributed by atoms with Gasteiger partial charge in [-0.1, -0.05) is 6.92 Å². The van der Waals surface area contributed by atoms with Crippen LogP contribution in [0.3, 0.4) is 0 Å². The SMILES string of the molecule is CC(C)N1C[C@H]2C[C@H](C)C[C@H]2C1. The van der Waals surface area contributed by atoms with Crippen molar-refractivity contribution in [1.29, 1.82) is 0 Å². The molecular weight excluding hydrogens is 146 g/mol. The molecule has 1 saturated heterocycles. The lowest BCUT2D eigenvalue weighted by Gasteiger charge is -2.21. The molecule has 1 nitrogen and oxygen atoms in total. The minimum absolute atomic E-state index is 0.769. The van der Waals surface area contributed by atoms with Gasteiger partial charge in [0.25, 0.3) is 0 Å². The fourth-order valence-electron chi connectivity index (χ4n) is 3.06. The summed E-state index contributed by atoms with van der Waals surface area (Å²) >= 11 is 0. The van der Waals surface area contributed by atoms with E-state index in [1.165, 1.54) is 25.9 Å². The second-order valence-electron chi connectivity index (χ2n) is 5.14. The molecule has 0 unspecified atom stereocenters. The summed E-state index contributed by atoms with van der Waals surface area (Å²) in [7, 11) is 0. The molecule has 1 heteroatoms. The summed E-state index contributed by atoms with van der Waals surface area (Å²) in [6.45, 7) is 9.83. The van der Waals surface area contributed by atoms with Gasteiger partial charge in [-0.05, 0) is 44.4 Å². The summed E-state index contributed by atoms with van der Waals surface area (Å²) < 4.78 is 0. The van der Waals surface area contributed by atoms with Crippen LogP contribution in [0.15, 0.2) is 0 Å². The van der Waals surface area contributed by atoms with Crippen molar-refractivity contribution in [2.45, 2.75) is 39.7 Å². The average molecular weight is 167 g/mol. The molecule has 12 heavy (non-hydrogen) atoms. The normalized spacial score (nSPS) is 42.5. The van der Waals surface area contributed by atoms with Gasteiger partial charge >= 0.3 is 0 Å². The maximum Gasteiger partial charge on any atom is 0.00388 e. The zero-order valence-corrected chi connectivity index (χ0v) is 8.59. The highest BCUT2D eigenvalue weighted by Crippen LogP contribution is 2.41. The van der Waals surface area contributed by atoms with Crippen LogP contribution in [0.5, 0.6) is 0 Å². The molecule has 3 atom stereocenters. The smallest absolute Gasteiger partial charge is 0.00388 e. The highest BCUT2D eigenvalue weighted by molar-refractivity contribution is 4.91. The zero-order chi connectivity index (χ0) is 8.72. The Kier molecular flexibility index (Phi) is 2.16. The second-order valence-corrected chi connectivity index (χ2v) is 5.14. The topological polar surface area (TPSA) is 3.24 Å². The van der Waals surface area contributed by atoms with Gasteiger partial charge in [0.1, 0.15) is 0 Å². The van der Waals surface area contributed by atoms with Gasteiger partial charge < -0.3 is 4.90 Å². The average Bonchev–Trinajstić information content (AvgIpc) is 2.42. The minimum Gasteiger partial charge on any atom is -0.300 e. The molecule has 0 aromatic rings. The van der Waals surface area contributed by atoms with Gasteiger partial charge in [0.05, 0.1) is 0 Å². The number of likely N-dealkylation sites (tertiary alicyclic amines) is 1. The van der Waals surface area contributed by atoms with Crippen molar-refractivity contribution in [3.8, 4) is 0 Å². The summed E-state index contributed by atoms with van der Waals surface area (Å²) in [6.07, 6.45) is 2.99. The Morgan fingerprint density at radius 1 is 1.08 bits per heavy atom. The van der Waals surface area contributed by atoms with Gasteiger partial charge in [-0.3, -0.25) is 0 Å². The van der Waals surface area contributed by atoms with Crippen LogP contribution in [0.2, 0.25) is 0 Å². The monoisotopic (exact) mass is 167 g/mol. The Balaban J connectivity index is 1.93. The van der Waals surface area contributed by atoms with Gasteiger partial charge in [-0.15, -0.1) is 0 Å². The molecule has 1 aliphatic carbocycles. The van der Waals surface area contributed by atoms with Crippen LogP contribution < -0.4 is 0 Å². The van der Waals surface area contributed by atoms with E-state index in [4.69, 9.17) is 0 Å². The third-order valence-corrected chi connectivity index (χ3v) is 3.75. The third kappa shape index (κ3) is 1.39. The number of hydrogen-bond acceptors (Lipinski definition) is 1. The van der Waals surface area contributed by atoms with E-state index in [1.807, 2.05) is 0 Å². The predicted molar refractivity (Wildman–Crippen MR) is 52.1 cm³/mol. The summed E-state index contributed by atoms with van der Waals surface area (Å²) in [5.41, 5.74) is 0. The van der Waals surface area contributed by atoms with Crippen molar-refractivity contribution in [2.24, 2.45) is 17.8 Å². The van der Waals surface area contributed by atoms with E-state index in [2.05, 4.69) is 25.7 Å². The van der Waals surface area contributed by atoms with Crippen LogP contribution in [-0.2, 0) is 0 Å². The van der Waals surface area contributed by atoms with Crippen LogP contribution >= 0.6 is 0 Å². The fraction of sp³-hybridized carbons (Fsp3) is 1.00. The van der Waals surface area contributed by atoms with Gasteiger partial charge in [-0.2, -0.15) is 0 Å². The molecule has 0 aromatic heterocycles. The summed E-state index contributed by atoms with van der Waals surface area (Å²) in [5.74, 6) is 3.10. The van der Waals surface area contributed by atoms with E-state index in [0.29, 0.717) is 0 Å². The molecule has 0 spiro atoms. The van der Waals surface area contributed by atoms with Crippen molar-refractivity contribution in [3.63, 3.8) is 0 Å². The molecule has 2 aliphatic rings. The Morgan fingerprint density at radius 3 is 2.00 bits per heavy atom. The molecule has 0 radical (unpaired) electrons. The van der Waals surface area contributed by atoms with Crippen LogP contribution in [-0.4, -0.2) is 24.0 Å². The maximum absolute atomic E-state index is 2.65. The van der Waals surface area contributed by atoms with Gasteiger partial charge in [0.15, 0.2) is 0 Å². The van der Waals surface area contributed by atoms with Crippen LogP contribution in [0.4, 0.5) is 0 Å². The van der Waals surface area contributed by atoms with Crippen LogP contribution in [0.25, 0.3) is 0 Å². The molecule has 2 fully saturated rings. The lowest BCUT2D eigenvalue weighted by Crippen LogP contribution is -2.29. The first-order chi connectivity index (χ1) is 5.66. The summed E-state index contributed by atoms with van der Waals surface area (Å²) in [6, 6.07) is 0.769. The lowest BCUT2D eigenvalue weighted by atomic mass is 10.0. The first kappa shape index (κ1) is 8.55. The first-order valence-corrected chi connectivity index (χ1v) is 5.41. The van der Waals surface area contributed by atoms with E-state index < -0.39 is 0 Å². The Hall–Kier alpha value is -0.0400. The molecule has 0 bridgehead atoms. The second kappa shape index (κ2) is 3.02. The van der Waals surface area contributed by atoms with E-state index in [9.17, 15) is 0 Å². The highest BCUT2D eigenvalue weighted by Gasteiger charge is 2.39. The largest absolute Gasteiger partial charge is 0.300 e. The molecule has 0 amide bonds. The molecule has 70 valence electrons. The maximum atomic E-state index is 2.65. The number of fused-ring (bicyclic) bond motifs is 1. The van der Waals surface area contributed by atoms with E-state index >= 15 is 0 Å². The van der Waals surface area contributed by atoms with Crippen molar-refractivity contribution in [3.05, 3.63) is 0 Å². The van der Waals surface area contributed by atoms with E-state index in [-0.39, 0.29) is 0 Å². The van der Waals surface area contributed by atoms with Gasteiger partial charge in [0, 0.05) is 19.1 Å². The molecule has 1 aliphatic heterocycles. The van der Waals surface area contributed by atoms with Gasteiger partial charge in [0.2, 0.25) is 0 Å². The van der Waals surface area contributed by atoms with Crippen molar-refractivity contribution in [2.75, 3.05) is 13.1 Å². The summed E-state index contributed by atoms with van der Waals surface area (Å²) in [4.78, 5) is 2.65. The number of nitrogens with zero attached hydrogens (tertiary/aromatic N) is 1. The molecule has 0 N–H and O–H groups in total. The van der Waals surface area contributed by atoms with Crippen LogP contribution in [0, 0.1) is 17.8 Å². The molecule has 0 aromatic carbocycles. The minimum atomic E-state index is 0.769. The molecule has 1 saturated carbocycles. The summed E-state index contributed by atoms with van der Waals surface area (Å²) in [5, 5.41) is 0. The Bertz CT molecular complexity index is 150. The molecule has 2 rings (SSSR count). The van der Waals surface area contributed by atoms with E-state index in [1.54, 1.807) is 0 Å². The number of hydrogen-bond donors (Lipinski definition) is 0. The zero-order valence-electron chi connectivity index (χ0n) is 8.59. The third-order valence-electron chi connectivity index (χ3n) is 3.75. The first-order valence-electron chi connectivity index (χ1n) is 5.41. The van der Waals surface area contributed by atoms with Crippen molar-refractivity contribution >= 4 is 0 Å². The van der Waals surface area contributed by atoms with E-state index in [0.717, 1.165) is 23.8 Å². The Labute approximate surface area is 76.1 Å². The Morgan fingerprint density at radius 2 is 1.58 bits per heavy atom. The molecule has 1 heterocycles. The highest BCUT2D eigenvalue weighted by atomic mass is 15.2. The fourth-order valence-corrected chi connectivity index (χ4v) is 3.06. The number of rotatable bonds is 1. The molecular formula is C11H21N. The lowest BCUT2D eigenvalue weighted by molar-refractivity contribution is 0.248. The predicted octanol–water partition coefficient (Wildman–Crippen LogP) is 2.37. The van der Waals surface area contributed by atoms with Crippen LogP contribution in [0.1, 0.15) is 33.6 Å². The standard InChI is InChI=1S/C11H21N/c1-8(2)12-6-10-4-9(3)5-11(10)7-12/h8-11H,4-7H2,1-3H3/t9-,10+,11-.